The molecule has 21 heavy (non-hydrogen) atoms. The van der Waals surface area contributed by atoms with Gasteiger partial charge in [-0.15, -0.1) is 0 Å². The Kier molecular flexibility index (Phi) is 4.70. The van der Waals surface area contributed by atoms with E-state index in [2.05, 4.69) is 0 Å². The Morgan fingerprint density at radius 1 is 1.29 bits per heavy atom. The standard InChI is InChI=1S/C16H19ClN2O2/c1-11-8-15(20)16(21)14(10-18(2)3)19(11)9-12-6-4-5-7-13(12)17/h4-8,21H,9-10H2,1-3H3. The van der Waals surface area contributed by atoms with Crippen LogP contribution in [-0.2, 0) is 13.1 Å². The molecule has 0 fully saturated rings. The van der Waals surface area contributed by atoms with Gasteiger partial charge in [0.15, 0.2) is 5.75 Å². The number of nitrogens with zero attached hydrogens (tertiary/aromatic N) is 2. The first-order valence-corrected chi connectivity index (χ1v) is 7.08. The summed E-state index contributed by atoms with van der Waals surface area (Å²) in [5.74, 6) is -0.193. The fourth-order valence-electron chi connectivity index (χ4n) is 2.30. The molecule has 4 nitrogen and oxygen atoms in total. The minimum atomic E-state index is -0.347. The number of hydrogen-bond acceptors (Lipinski definition) is 3. The highest BCUT2D eigenvalue weighted by Gasteiger charge is 2.14. The van der Waals surface area contributed by atoms with Gasteiger partial charge in [0.1, 0.15) is 0 Å². The Bertz CT molecular complexity index is 708. The lowest BCUT2D eigenvalue weighted by atomic mass is 10.2. The van der Waals surface area contributed by atoms with Crippen LogP contribution in [0.1, 0.15) is 17.0 Å². The Balaban J connectivity index is 2.54. The summed E-state index contributed by atoms with van der Waals surface area (Å²) in [6, 6.07) is 9.02. The van der Waals surface area contributed by atoms with E-state index >= 15 is 0 Å². The molecule has 1 aromatic carbocycles. The van der Waals surface area contributed by atoms with E-state index in [1.165, 1.54) is 6.07 Å². The number of halogens is 1. The van der Waals surface area contributed by atoms with Gasteiger partial charge in [-0.25, -0.2) is 0 Å². The van der Waals surface area contributed by atoms with Crippen LogP contribution in [0, 0.1) is 6.92 Å². The molecule has 2 rings (SSSR count). The van der Waals surface area contributed by atoms with E-state index in [-0.39, 0.29) is 11.2 Å². The second-order valence-electron chi connectivity index (χ2n) is 5.36. The maximum absolute atomic E-state index is 11.8. The number of benzene rings is 1. The van der Waals surface area contributed by atoms with Gasteiger partial charge >= 0.3 is 0 Å². The molecule has 0 radical (unpaired) electrons. The Hall–Kier alpha value is -1.78. The predicted molar refractivity (Wildman–Crippen MR) is 85.0 cm³/mol. The number of rotatable bonds is 4. The third-order valence-corrected chi connectivity index (χ3v) is 3.72. The summed E-state index contributed by atoms with van der Waals surface area (Å²) < 4.78 is 1.93. The molecule has 1 heterocycles. The highest BCUT2D eigenvalue weighted by Crippen LogP contribution is 2.21. The predicted octanol–water partition coefficient (Wildman–Crippen LogP) is 2.63. The summed E-state index contributed by atoms with van der Waals surface area (Å²) in [5, 5.41) is 10.8. The maximum Gasteiger partial charge on any atom is 0.223 e. The molecule has 0 amide bonds. The van der Waals surface area contributed by atoms with E-state index in [0.29, 0.717) is 23.8 Å². The van der Waals surface area contributed by atoms with Gasteiger partial charge < -0.3 is 14.6 Å². The number of aryl methyl sites for hydroxylation is 1. The fourth-order valence-corrected chi connectivity index (χ4v) is 2.49. The quantitative estimate of drug-likeness (QED) is 0.944. The highest BCUT2D eigenvalue weighted by molar-refractivity contribution is 6.31. The summed E-state index contributed by atoms with van der Waals surface area (Å²) in [6.07, 6.45) is 0. The summed E-state index contributed by atoms with van der Waals surface area (Å²) >= 11 is 6.21. The van der Waals surface area contributed by atoms with Gasteiger partial charge in [0, 0.05) is 29.9 Å². The molecule has 0 aliphatic rings. The molecule has 1 aromatic heterocycles. The molecule has 0 saturated heterocycles. The summed E-state index contributed by atoms with van der Waals surface area (Å²) in [6.45, 7) is 2.85. The van der Waals surface area contributed by atoms with Gasteiger partial charge in [0.05, 0.1) is 5.69 Å². The van der Waals surface area contributed by atoms with Gasteiger partial charge in [-0.3, -0.25) is 4.79 Å². The lowest BCUT2D eigenvalue weighted by Crippen LogP contribution is -2.22. The van der Waals surface area contributed by atoms with Crippen LogP contribution in [0.15, 0.2) is 35.1 Å². The van der Waals surface area contributed by atoms with Crippen LogP contribution < -0.4 is 5.43 Å². The molecule has 0 bridgehead atoms. The zero-order valence-electron chi connectivity index (χ0n) is 12.4. The van der Waals surface area contributed by atoms with Crippen molar-refractivity contribution in [2.24, 2.45) is 0 Å². The molecule has 2 aromatic rings. The zero-order valence-corrected chi connectivity index (χ0v) is 13.2. The fraction of sp³-hybridized carbons (Fsp3) is 0.312. The van der Waals surface area contributed by atoms with Crippen molar-refractivity contribution in [2.45, 2.75) is 20.0 Å². The van der Waals surface area contributed by atoms with Crippen molar-refractivity contribution in [2.75, 3.05) is 14.1 Å². The van der Waals surface area contributed by atoms with Crippen LogP contribution in [0.4, 0.5) is 0 Å². The molecule has 1 N–H and O–H groups in total. The molecular weight excluding hydrogens is 288 g/mol. The first-order valence-electron chi connectivity index (χ1n) is 6.70. The number of aromatic hydroxyl groups is 1. The average Bonchev–Trinajstić information content (AvgIpc) is 2.41. The van der Waals surface area contributed by atoms with Crippen LogP contribution >= 0.6 is 11.6 Å². The minimum Gasteiger partial charge on any atom is -0.503 e. The van der Waals surface area contributed by atoms with E-state index < -0.39 is 0 Å². The van der Waals surface area contributed by atoms with Crippen LogP contribution in [0.3, 0.4) is 0 Å². The van der Waals surface area contributed by atoms with E-state index in [1.807, 2.05) is 54.8 Å². The first kappa shape index (κ1) is 15.6. The monoisotopic (exact) mass is 306 g/mol. The Morgan fingerprint density at radius 2 is 1.95 bits per heavy atom. The van der Waals surface area contributed by atoms with Crippen molar-refractivity contribution in [1.29, 1.82) is 0 Å². The molecule has 112 valence electrons. The van der Waals surface area contributed by atoms with Crippen molar-refractivity contribution in [1.82, 2.24) is 9.47 Å². The molecule has 0 aliphatic carbocycles. The van der Waals surface area contributed by atoms with E-state index in [9.17, 15) is 9.90 Å². The summed E-state index contributed by atoms with van der Waals surface area (Å²) in [4.78, 5) is 13.7. The lowest BCUT2D eigenvalue weighted by molar-refractivity contribution is 0.364. The Morgan fingerprint density at radius 3 is 2.57 bits per heavy atom. The van der Waals surface area contributed by atoms with Crippen molar-refractivity contribution < 1.29 is 5.11 Å². The smallest absolute Gasteiger partial charge is 0.223 e. The van der Waals surface area contributed by atoms with E-state index in [0.717, 1.165) is 11.3 Å². The number of aromatic nitrogens is 1. The average molecular weight is 307 g/mol. The van der Waals surface area contributed by atoms with Crippen LogP contribution in [0.25, 0.3) is 0 Å². The van der Waals surface area contributed by atoms with Crippen LogP contribution in [0.5, 0.6) is 5.75 Å². The molecule has 0 atom stereocenters. The van der Waals surface area contributed by atoms with E-state index in [4.69, 9.17) is 11.6 Å². The normalized spacial score (nSPS) is 11.1. The van der Waals surface area contributed by atoms with Gasteiger partial charge in [-0.1, -0.05) is 29.8 Å². The molecule has 0 aliphatic heterocycles. The third kappa shape index (κ3) is 3.46. The van der Waals surface area contributed by atoms with Crippen molar-refractivity contribution >= 4 is 11.6 Å². The van der Waals surface area contributed by atoms with Crippen molar-refractivity contribution in [3.8, 4) is 5.75 Å². The first-order chi connectivity index (χ1) is 9.90. The van der Waals surface area contributed by atoms with Gasteiger partial charge in [-0.05, 0) is 32.6 Å². The highest BCUT2D eigenvalue weighted by atomic mass is 35.5. The second kappa shape index (κ2) is 6.33. The molecule has 5 heteroatoms. The lowest BCUT2D eigenvalue weighted by Gasteiger charge is -2.21. The van der Waals surface area contributed by atoms with Crippen LogP contribution in [0.2, 0.25) is 5.02 Å². The number of pyridine rings is 1. The van der Waals surface area contributed by atoms with Crippen molar-refractivity contribution in [3.63, 3.8) is 0 Å². The summed E-state index contributed by atoms with van der Waals surface area (Å²) in [7, 11) is 3.79. The molecular formula is C16H19ClN2O2. The van der Waals surface area contributed by atoms with Gasteiger partial charge in [0.25, 0.3) is 0 Å². The largest absolute Gasteiger partial charge is 0.503 e. The third-order valence-electron chi connectivity index (χ3n) is 3.35. The molecule has 0 saturated carbocycles. The molecule has 0 unspecified atom stereocenters. The van der Waals surface area contributed by atoms with Crippen molar-refractivity contribution in [3.05, 3.63) is 62.5 Å². The maximum atomic E-state index is 11.8. The van der Waals surface area contributed by atoms with Gasteiger partial charge in [0.2, 0.25) is 5.43 Å². The van der Waals surface area contributed by atoms with Gasteiger partial charge in [-0.2, -0.15) is 0 Å². The van der Waals surface area contributed by atoms with E-state index in [1.54, 1.807) is 0 Å². The van der Waals surface area contributed by atoms with Crippen LogP contribution in [-0.4, -0.2) is 28.7 Å². The second-order valence-corrected chi connectivity index (χ2v) is 5.77. The summed E-state index contributed by atoms with van der Waals surface area (Å²) in [5.41, 5.74) is 2.00. The number of hydrogen-bond donors (Lipinski definition) is 1. The molecule has 0 spiro atoms. The topological polar surface area (TPSA) is 45.5 Å². The zero-order chi connectivity index (χ0) is 15.6. The minimum absolute atomic E-state index is 0.193. The Labute approximate surface area is 129 Å². The SMILES string of the molecule is Cc1cc(=O)c(O)c(CN(C)C)n1Cc1ccccc1Cl.